The first-order valence-corrected chi connectivity index (χ1v) is 13.1. The molecule has 1 aromatic rings. The molecule has 0 unspecified atom stereocenters. The summed E-state index contributed by atoms with van der Waals surface area (Å²) in [5.74, 6) is -1.27. The summed E-state index contributed by atoms with van der Waals surface area (Å²) < 4.78 is 0. The number of nitrogens with one attached hydrogen (secondary N) is 1. The largest absolute Gasteiger partial charge is 0.352 e. The van der Waals surface area contributed by atoms with Gasteiger partial charge in [-0.3, -0.25) is 24.1 Å². The minimum atomic E-state index is -0.620. The van der Waals surface area contributed by atoms with Gasteiger partial charge in [0.25, 0.3) is 0 Å². The van der Waals surface area contributed by atoms with E-state index in [9.17, 15) is 19.2 Å². The number of fused-ring (bicyclic) bond motifs is 1. The monoisotopic (exact) mass is 479 g/mol. The Bertz CT molecular complexity index is 928. The Balaban J connectivity index is 1.40. The third-order valence-corrected chi connectivity index (χ3v) is 7.75. The number of amides is 4. The topological polar surface area (TPSA) is 86.8 Å². The summed E-state index contributed by atoms with van der Waals surface area (Å²) in [5, 5.41) is 3.14. The zero-order valence-corrected chi connectivity index (χ0v) is 20.7. The number of carbonyl (C=O) groups is 4. The molecule has 2 fully saturated rings. The number of hydrogen-bond acceptors (Lipinski definition) is 4. The van der Waals surface area contributed by atoms with Crippen molar-refractivity contribution in [3.05, 3.63) is 48.0 Å². The van der Waals surface area contributed by atoms with Gasteiger partial charge in [0.15, 0.2) is 0 Å². The Morgan fingerprint density at radius 3 is 2.26 bits per heavy atom. The second-order valence-corrected chi connectivity index (χ2v) is 10.1. The maximum Gasteiger partial charge on any atom is 0.242 e. The molecule has 0 spiro atoms. The normalized spacial score (nSPS) is 23.2. The van der Waals surface area contributed by atoms with Gasteiger partial charge in [-0.25, -0.2) is 0 Å². The van der Waals surface area contributed by atoms with Crippen LogP contribution >= 0.6 is 0 Å². The van der Waals surface area contributed by atoms with Crippen molar-refractivity contribution in [2.45, 2.75) is 76.8 Å². The number of likely N-dealkylation sites (tertiary alicyclic amines) is 1. The second-order valence-electron chi connectivity index (χ2n) is 10.1. The zero-order valence-electron chi connectivity index (χ0n) is 20.7. The van der Waals surface area contributed by atoms with Crippen molar-refractivity contribution >= 4 is 23.6 Å². The standard InChI is InChI=1S/C28H37N3O4/c1-20(26(33)29-22-12-6-3-7-13-22)30(18-16-21-10-4-2-5-11-21)25(32)17-19-31-27(34)23-14-8-9-15-24(23)28(31)35/h2,4-5,8-11,20,22-24H,3,6-7,12-19H2,1H3,(H,29,33)/t20-,23-,24+/m1/s1. The zero-order chi connectivity index (χ0) is 24.8. The lowest BCUT2D eigenvalue weighted by atomic mass is 9.85. The first kappa shape index (κ1) is 25.1. The molecule has 7 nitrogen and oxygen atoms in total. The summed E-state index contributed by atoms with van der Waals surface area (Å²) in [6, 6.07) is 9.43. The van der Waals surface area contributed by atoms with Crippen molar-refractivity contribution in [1.29, 1.82) is 0 Å². The molecule has 4 rings (SSSR count). The molecule has 3 atom stereocenters. The Morgan fingerprint density at radius 2 is 1.63 bits per heavy atom. The van der Waals surface area contributed by atoms with E-state index in [0.29, 0.717) is 25.8 Å². The number of allylic oxidation sites excluding steroid dienone is 2. The molecule has 4 amide bonds. The lowest BCUT2D eigenvalue weighted by Gasteiger charge is -2.31. The van der Waals surface area contributed by atoms with Gasteiger partial charge < -0.3 is 10.2 Å². The quantitative estimate of drug-likeness (QED) is 0.435. The lowest BCUT2D eigenvalue weighted by molar-refractivity contribution is -0.143. The third-order valence-electron chi connectivity index (χ3n) is 7.75. The highest BCUT2D eigenvalue weighted by molar-refractivity contribution is 6.05. The molecular weight excluding hydrogens is 442 g/mol. The summed E-state index contributed by atoms with van der Waals surface area (Å²) in [6.45, 7) is 2.24. The van der Waals surface area contributed by atoms with Gasteiger partial charge in [-0.15, -0.1) is 0 Å². The van der Waals surface area contributed by atoms with Gasteiger partial charge in [0.1, 0.15) is 6.04 Å². The average Bonchev–Trinajstić information content (AvgIpc) is 3.13. The van der Waals surface area contributed by atoms with Crippen LogP contribution in [0.3, 0.4) is 0 Å². The minimum Gasteiger partial charge on any atom is -0.352 e. The van der Waals surface area contributed by atoms with Gasteiger partial charge in [-0.1, -0.05) is 61.7 Å². The van der Waals surface area contributed by atoms with E-state index < -0.39 is 6.04 Å². The van der Waals surface area contributed by atoms with E-state index in [1.807, 2.05) is 42.5 Å². The summed E-state index contributed by atoms with van der Waals surface area (Å²) in [7, 11) is 0. The average molecular weight is 480 g/mol. The maximum atomic E-state index is 13.4. The predicted molar refractivity (Wildman–Crippen MR) is 133 cm³/mol. The van der Waals surface area contributed by atoms with E-state index in [2.05, 4.69) is 5.32 Å². The highest BCUT2D eigenvalue weighted by atomic mass is 16.2. The van der Waals surface area contributed by atoms with E-state index in [1.54, 1.807) is 11.8 Å². The maximum absolute atomic E-state index is 13.4. The molecule has 0 bridgehead atoms. The lowest BCUT2D eigenvalue weighted by Crippen LogP contribution is -2.51. The van der Waals surface area contributed by atoms with Crippen LogP contribution in [0.1, 0.15) is 63.9 Å². The molecule has 0 radical (unpaired) electrons. The highest BCUT2D eigenvalue weighted by Gasteiger charge is 2.47. The Labute approximate surface area is 207 Å². The van der Waals surface area contributed by atoms with Crippen LogP contribution < -0.4 is 5.32 Å². The van der Waals surface area contributed by atoms with Crippen molar-refractivity contribution in [1.82, 2.24) is 15.1 Å². The van der Waals surface area contributed by atoms with E-state index >= 15 is 0 Å². The van der Waals surface area contributed by atoms with Crippen LogP contribution in [0, 0.1) is 11.8 Å². The smallest absolute Gasteiger partial charge is 0.242 e. The van der Waals surface area contributed by atoms with E-state index in [0.717, 1.165) is 31.2 Å². The van der Waals surface area contributed by atoms with Crippen molar-refractivity contribution < 1.29 is 19.2 Å². The molecule has 3 aliphatic rings. The fourth-order valence-electron chi connectivity index (χ4n) is 5.58. The number of carbonyl (C=O) groups excluding carboxylic acids is 4. The Kier molecular flexibility index (Phi) is 8.37. The molecular formula is C28H37N3O4. The number of benzene rings is 1. The first-order chi connectivity index (χ1) is 17.0. The van der Waals surface area contributed by atoms with Gasteiger partial charge >= 0.3 is 0 Å². The van der Waals surface area contributed by atoms with Gasteiger partial charge in [0.05, 0.1) is 11.8 Å². The summed E-state index contributed by atoms with van der Waals surface area (Å²) in [4.78, 5) is 54.9. The third kappa shape index (κ3) is 6.00. The van der Waals surface area contributed by atoms with E-state index in [1.165, 1.54) is 11.3 Å². The summed E-state index contributed by atoms with van der Waals surface area (Å²) in [5.41, 5.74) is 1.09. The van der Waals surface area contributed by atoms with Crippen LogP contribution in [0.15, 0.2) is 42.5 Å². The molecule has 0 aromatic heterocycles. The van der Waals surface area contributed by atoms with Gasteiger partial charge in [-0.05, 0) is 44.6 Å². The molecule has 1 heterocycles. The van der Waals surface area contributed by atoms with Gasteiger partial charge in [0, 0.05) is 25.6 Å². The fourth-order valence-corrected chi connectivity index (χ4v) is 5.58. The molecule has 1 saturated carbocycles. The summed E-state index contributed by atoms with van der Waals surface area (Å²) >= 11 is 0. The molecule has 2 aliphatic carbocycles. The SMILES string of the molecule is C[C@H](C(=O)NC1CCCCC1)N(CCc1ccccc1)C(=O)CCN1C(=O)[C@H]2CC=CC[C@H]2C1=O. The number of imide groups is 1. The van der Waals surface area contributed by atoms with Crippen molar-refractivity contribution in [2.24, 2.45) is 11.8 Å². The Morgan fingerprint density at radius 1 is 1.00 bits per heavy atom. The van der Waals surface area contributed by atoms with Crippen LogP contribution in [-0.4, -0.2) is 58.6 Å². The van der Waals surface area contributed by atoms with Crippen molar-refractivity contribution in [3.8, 4) is 0 Å². The highest BCUT2D eigenvalue weighted by Crippen LogP contribution is 2.35. The molecule has 1 saturated heterocycles. The Hall–Kier alpha value is -2.96. The van der Waals surface area contributed by atoms with Crippen LogP contribution in [0.5, 0.6) is 0 Å². The number of hydrogen-bond donors (Lipinski definition) is 1. The predicted octanol–water partition coefficient (Wildman–Crippen LogP) is 3.24. The van der Waals surface area contributed by atoms with Gasteiger partial charge in [-0.2, -0.15) is 0 Å². The van der Waals surface area contributed by atoms with Crippen LogP contribution in [-0.2, 0) is 25.6 Å². The molecule has 188 valence electrons. The molecule has 1 N–H and O–H groups in total. The number of rotatable bonds is 9. The molecule has 35 heavy (non-hydrogen) atoms. The van der Waals surface area contributed by atoms with Crippen LogP contribution in [0.2, 0.25) is 0 Å². The second kappa shape index (κ2) is 11.6. The molecule has 1 aliphatic heterocycles. The minimum absolute atomic E-state index is 0.0280. The summed E-state index contributed by atoms with van der Waals surface area (Å²) in [6.07, 6.45) is 11.1. The van der Waals surface area contributed by atoms with Gasteiger partial charge in [0.2, 0.25) is 23.6 Å². The number of nitrogens with zero attached hydrogens (tertiary/aromatic N) is 2. The van der Waals surface area contributed by atoms with Crippen LogP contribution in [0.4, 0.5) is 0 Å². The van der Waals surface area contributed by atoms with Crippen LogP contribution in [0.25, 0.3) is 0 Å². The first-order valence-electron chi connectivity index (χ1n) is 13.1. The van der Waals surface area contributed by atoms with E-state index in [4.69, 9.17) is 0 Å². The van der Waals surface area contributed by atoms with Crippen molar-refractivity contribution in [3.63, 3.8) is 0 Å². The van der Waals surface area contributed by atoms with Crippen molar-refractivity contribution in [2.75, 3.05) is 13.1 Å². The molecule has 1 aromatic carbocycles. The van der Waals surface area contributed by atoms with E-state index in [-0.39, 0.29) is 54.5 Å². The fraction of sp³-hybridized carbons (Fsp3) is 0.571. The molecule has 7 heteroatoms.